The Kier molecular flexibility index (Phi) is 5.06. The molecule has 0 spiro atoms. The van der Waals surface area contributed by atoms with Gasteiger partial charge in [-0.25, -0.2) is 8.42 Å². The van der Waals surface area contributed by atoms with Crippen molar-refractivity contribution in [1.82, 2.24) is 5.32 Å². The highest BCUT2D eigenvalue weighted by Gasteiger charge is 2.25. The van der Waals surface area contributed by atoms with Crippen molar-refractivity contribution in [3.05, 3.63) is 27.7 Å². The molecule has 1 aromatic carbocycles. The number of halogens is 2. The van der Waals surface area contributed by atoms with Crippen LogP contribution in [0.4, 0.5) is 5.69 Å². The minimum absolute atomic E-state index is 0.00469. The van der Waals surface area contributed by atoms with Gasteiger partial charge in [-0.2, -0.15) is 0 Å². The van der Waals surface area contributed by atoms with Crippen LogP contribution in [0.2, 0.25) is 5.02 Å². The first kappa shape index (κ1) is 15.8. The lowest BCUT2D eigenvalue weighted by Crippen LogP contribution is -2.46. The van der Waals surface area contributed by atoms with Crippen LogP contribution in [0.5, 0.6) is 0 Å². The van der Waals surface area contributed by atoms with Crippen molar-refractivity contribution in [3.63, 3.8) is 0 Å². The summed E-state index contributed by atoms with van der Waals surface area (Å²) in [5.41, 5.74) is 0.616. The van der Waals surface area contributed by atoms with Gasteiger partial charge in [0.15, 0.2) is 9.84 Å². The Hall–Kier alpha value is -0.630. The Balaban J connectivity index is 1.93. The minimum atomic E-state index is -3.03. The van der Waals surface area contributed by atoms with E-state index in [1.54, 1.807) is 18.2 Å². The predicted octanol–water partition coefficient (Wildman–Crippen LogP) is 1.82. The highest BCUT2D eigenvalue weighted by molar-refractivity contribution is 9.10. The Labute approximate surface area is 131 Å². The summed E-state index contributed by atoms with van der Waals surface area (Å²) >= 11 is 9.14. The zero-order chi connectivity index (χ0) is 14.8. The van der Waals surface area contributed by atoms with Crippen molar-refractivity contribution < 1.29 is 13.2 Å². The number of amides is 1. The molecule has 1 aliphatic rings. The lowest BCUT2D eigenvalue weighted by molar-refractivity contribution is -0.116. The number of nitrogens with one attached hydrogen (secondary N) is 2. The Morgan fingerprint density at radius 3 is 2.90 bits per heavy atom. The first-order valence-electron chi connectivity index (χ1n) is 6.04. The van der Waals surface area contributed by atoms with Crippen LogP contribution < -0.4 is 10.6 Å². The molecule has 1 amide bonds. The number of carbonyl (C=O) groups is 1. The summed E-state index contributed by atoms with van der Waals surface area (Å²) in [6.07, 6.45) is 0.124. The van der Waals surface area contributed by atoms with E-state index in [0.29, 0.717) is 21.7 Å². The van der Waals surface area contributed by atoms with Gasteiger partial charge in [0.2, 0.25) is 5.91 Å². The summed E-state index contributed by atoms with van der Waals surface area (Å²) in [6.45, 7) is 0.396. The van der Waals surface area contributed by atoms with E-state index < -0.39 is 9.84 Å². The Morgan fingerprint density at radius 2 is 2.25 bits per heavy atom. The third kappa shape index (κ3) is 4.44. The molecule has 2 N–H and O–H groups in total. The molecule has 8 heteroatoms. The number of hydrogen-bond acceptors (Lipinski definition) is 4. The van der Waals surface area contributed by atoms with Gasteiger partial charge in [-0.15, -0.1) is 0 Å². The zero-order valence-corrected chi connectivity index (χ0v) is 13.7. The largest absolute Gasteiger partial charge is 0.326 e. The van der Waals surface area contributed by atoms with Gasteiger partial charge in [0.05, 0.1) is 16.5 Å². The second-order valence-corrected chi connectivity index (χ2v) is 8.14. The third-order valence-electron chi connectivity index (χ3n) is 2.94. The maximum Gasteiger partial charge on any atom is 0.225 e. The molecular weight excluding hydrogens is 368 g/mol. The molecule has 20 heavy (non-hydrogen) atoms. The summed E-state index contributed by atoms with van der Waals surface area (Å²) in [7, 11) is -3.03. The molecule has 0 aromatic heterocycles. The molecule has 0 radical (unpaired) electrons. The van der Waals surface area contributed by atoms with Gasteiger partial charge >= 0.3 is 0 Å². The molecule has 1 atom stereocenters. The van der Waals surface area contributed by atoms with Crippen molar-refractivity contribution in [1.29, 1.82) is 0 Å². The summed E-state index contributed by atoms with van der Waals surface area (Å²) in [6, 6.07) is 4.73. The normalized spacial score (nSPS) is 21.4. The molecule has 1 heterocycles. The van der Waals surface area contributed by atoms with Crippen LogP contribution in [0.25, 0.3) is 0 Å². The number of carbonyl (C=O) groups excluding carboxylic acids is 1. The smallest absolute Gasteiger partial charge is 0.225 e. The number of sulfone groups is 1. The molecule has 0 aliphatic carbocycles. The fourth-order valence-corrected chi connectivity index (χ4v) is 3.95. The Bertz CT molecular complexity index is 621. The minimum Gasteiger partial charge on any atom is -0.326 e. The van der Waals surface area contributed by atoms with Crippen LogP contribution >= 0.6 is 27.5 Å². The van der Waals surface area contributed by atoms with E-state index in [-0.39, 0.29) is 29.9 Å². The first-order chi connectivity index (χ1) is 9.35. The quantitative estimate of drug-likeness (QED) is 0.837. The highest BCUT2D eigenvalue weighted by atomic mass is 79.9. The monoisotopic (exact) mass is 380 g/mol. The second kappa shape index (κ2) is 6.43. The number of anilines is 1. The van der Waals surface area contributed by atoms with Crippen molar-refractivity contribution >= 4 is 49.0 Å². The Morgan fingerprint density at radius 1 is 1.50 bits per heavy atom. The molecule has 1 unspecified atom stereocenters. The van der Waals surface area contributed by atoms with E-state index in [1.807, 2.05) is 0 Å². The number of rotatable bonds is 3. The van der Waals surface area contributed by atoms with Gasteiger partial charge in [-0.3, -0.25) is 4.79 Å². The van der Waals surface area contributed by atoms with Crippen molar-refractivity contribution in [2.24, 2.45) is 0 Å². The summed E-state index contributed by atoms with van der Waals surface area (Å²) in [5, 5.41) is 6.32. The SMILES string of the molecule is O=C(CC1CS(=O)(=O)CCN1)Nc1ccc(Cl)c(Br)c1. The third-order valence-corrected chi connectivity index (χ3v) is 5.89. The molecule has 2 rings (SSSR count). The average molecular weight is 382 g/mol. The molecule has 1 aromatic rings. The summed E-state index contributed by atoms with van der Waals surface area (Å²) < 4.78 is 23.7. The zero-order valence-electron chi connectivity index (χ0n) is 10.5. The standard InChI is InChI=1S/C12H14BrClN2O3S/c13-10-5-8(1-2-11(10)14)16-12(17)6-9-7-20(18,19)4-3-15-9/h1-2,5,9,15H,3-4,6-7H2,(H,16,17). The molecule has 0 saturated carbocycles. The molecule has 0 bridgehead atoms. The molecule has 1 aliphatic heterocycles. The lowest BCUT2D eigenvalue weighted by Gasteiger charge is -2.23. The van der Waals surface area contributed by atoms with Crippen LogP contribution in [-0.4, -0.2) is 38.4 Å². The molecule has 1 saturated heterocycles. The van der Waals surface area contributed by atoms with Crippen molar-refractivity contribution in [3.8, 4) is 0 Å². The highest BCUT2D eigenvalue weighted by Crippen LogP contribution is 2.25. The van der Waals surface area contributed by atoms with Crippen LogP contribution in [-0.2, 0) is 14.6 Å². The summed E-state index contributed by atoms with van der Waals surface area (Å²) in [4.78, 5) is 11.9. The molecule has 110 valence electrons. The van der Waals surface area contributed by atoms with E-state index in [2.05, 4.69) is 26.6 Å². The average Bonchev–Trinajstić information content (AvgIpc) is 2.32. The van der Waals surface area contributed by atoms with Gasteiger partial charge in [-0.1, -0.05) is 11.6 Å². The maximum atomic E-state index is 11.9. The van der Waals surface area contributed by atoms with Gasteiger partial charge in [-0.05, 0) is 34.1 Å². The van der Waals surface area contributed by atoms with Gasteiger partial charge in [0, 0.05) is 29.2 Å². The molecular formula is C12H14BrClN2O3S. The van der Waals surface area contributed by atoms with E-state index >= 15 is 0 Å². The maximum absolute atomic E-state index is 11.9. The van der Waals surface area contributed by atoms with Crippen LogP contribution in [0.1, 0.15) is 6.42 Å². The van der Waals surface area contributed by atoms with E-state index in [0.717, 1.165) is 0 Å². The topological polar surface area (TPSA) is 75.3 Å². The molecule has 5 nitrogen and oxygen atoms in total. The van der Waals surface area contributed by atoms with Crippen LogP contribution in [0, 0.1) is 0 Å². The fraction of sp³-hybridized carbons (Fsp3) is 0.417. The van der Waals surface area contributed by atoms with Crippen molar-refractivity contribution in [2.75, 3.05) is 23.4 Å². The number of hydrogen-bond donors (Lipinski definition) is 2. The van der Waals surface area contributed by atoms with Crippen LogP contribution in [0.15, 0.2) is 22.7 Å². The predicted molar refractivity (Wildman–Crippen MR) is 82.8 cm³/mol. The molecule has 1 fully saturated rings. The van der Waals surface area contributed by atoms with Gasteiger partial charge in [0.25, 0.3) is 0 Å². The van der Waals surface area contributed by atoms with Crippen molar-refractivity contribution in [2.45, 2.75) is 12.5 Å². The van der Waals surface area contributed by atoms with E-state index in [4.69, 9.17) is 11.6 Å². The van der Waals surface area contributed by atoms with Gasteiger partial charge in [0.1, 0.15) is 0 Å². The second-order valence-electron chi connectivity index (χ2n) is 4.65. The van der Waals surface area contributed by atoms with Crippen LogP contribution in [0.3, 0.4) is 0 Å². The van der Waals surface area contributed by atoms with Gasteiger partial charge < -0.3 is 10.6 Å². The lowest BCUT2D eigenvalue weighted by atomic mass is 10.2. The number of benzene rings is 1. The summed E-state index contributed by atoms with van der Waals surface area (Å²) in [5.74, 6) is -0.0891. The van der Waals surface area contributed by atoms with E-state index in [9.17, 15) is 13.2 Å². The van der Waals surface area contributed by atoms with E-state index in [1.165, 1.54) is 0 Å². The fourth-order valence-electron chi connectivity index (χ4n) is 2.01. The first-order valence-corrected chi connectivity index (χ1v) is 9.04.